The summed E-state index contributed by atoms with van der Waals surface area (Å²) < 4.78 is 16.4. The molecule has 4 rings (SSSR count). The number of rotatable bonds is 6. The monoisotopic (exact) mass is 411 g/mol. The van der Waals surface area contributed by atoms with Crippen molar-refractivity contribution >= 4 is 23.0 Å². The topological polar surface area (TPSA) is 122 Å². The molecule has 0 aliphatic heterocycles. The average Bonchev–Trinajstić information content (AvgIpc) is 3.49. The van der Waals surface area contributed by atoms with Gasteiger partial charge in [0, 0.05) is 17.7 Å². The molecule has 4 aromatic rings. The standard InChI is InChI=1S/C19H13N3O6S/c1-11(17-20-21-18(28-17)16-3-2-10-29-16)26-19(23)15-9-8-14(27-15)12-4-6-13(7-5-12)22(24)25/h2-11H,1H3/t11-/m0/s1. The Morgan fingerprint density at radius 3 is 2.62 bits per heavy atom. The van der Waals surface area contributed by atoms with Crippen molar-refractivity contribution in [3.63, 3.8) is 0 Å². The zero-order chi connectivity index (χ0) is 20.4. The molecule has 0 N–H and O–H groups in total. The third-order valence-corrected chi connectivity index (χ3v) is 4.83. The second-order valence-electron chi connectivity index (χ2n) is 5.94. The highest BCUT2D eigenvalue weighted by Crippen LogP contribution is 2.28. The van der Waals surface area contributed by atoms with Gasteiger partial charge >= 0.3 is 5.97 Å². The molecule has 3 heterocycles. The van der Waals surface area contributed by atoms with E-state index in [1.165, 1.54) is 29.5 Å². The maximum Gasteiger partial charge on any atom is 0.375 e. The lowest BCUT2D eigenvalue weighted by atomic mass is 10.1. The van der Waals surface area contributed by atoms with E-state index in [-0.39, 0.29) is 17.3 Å². The first kappa shape index (κ1) is 18.6. The summed E-state index contributed by atoms with van der Waals surface area (Å²) in [7, 11) is 0. The van der Waals surface area contributed by atoms with E-state index in [1.54, 1.807) is 25.1 Å². The Hall–Kier alpha value is -3.79. The number of carbonyl (C=O) groups is 1. The van der Waals surface area contributed by atoms with Crippen LogP contribution in [0.15, 0.2) is 62.7 Å². The zero-order valence-electron chi connectivity index (χ0n) is 15.0. The molecule has 0 fully saturated rings. The van der Waals surface area contributed by atoms with E-state index in [2.05, 4.69) is 10.2 Å². The number of thiophene rings is 1. The van der Waals surface area contributed by atoms with E-state index in [4.69, 9.17) is 13.6 Å². The second kappa shape index (κ2) is 7.68. The molecule has 9 nitrogen and oxygen atoms in total. The minimum absolute atomic E-state index is 0.0109. The molecule has 1 atom stereocenters. The van der Waals surface area contributed by atoms with Crippen molar-refractivity contribution in [3.8, 4) is 22.1 Å². The van der Waals surface area contributed by atoms with Gasteiger partial charge in [-0.3, -0.25) is 10.1 Å². The molecule has 0 saturated carbocycles. The Morgan fingerprint density at radius 1 is 1.14 bits per heavy atom. The van der Waals surface area contributed by atoms with Gasteiger partial charge in [-0.1, -0.05) is 6.07 Å². The predicted molar refractivity (Wildman–Crippen MR) is 102 cm³/mol. The molecular formula is C19H13N3O6S. The quantitative estimate of drug-likeness (QED) is 0.250. The van der Waals surface area contributed by atoms with Crippen molar-refractivity contribution in [1.82, 2.24) is 10.2 Å². The van der Waals surface area contributed by atoms with Crippen LogP contribution in [-0.2, 0) is 4.74 Å². The fourth-order valence-corrected chi connectivity index (χ4v) is 3.16. The Balaban J connectivity index is 1.44. The Labute approximate surface area is 167 Å². The van der Waals surface area contributed by atoms with Crippen molar-refractivity contribution in [3.05, 3.63) is 75.7 Å². The number of ether oxygens (including phenoxy) is 1. The van der Waals surface area contributed by atoms with Crippen LogP contribution in [-0.4, -0.2) is 21.1 Å². The van der Waals surface area contributed by atoms with Gasteiger partial charge in [0.2, 0.25) is 5.76 Å². The number of nitro benzene ring substituents is 1. The van der Waals surface area contributed by atoms with E-state index in [0.717, 1.165) is 4.88 Å². The largest absolute Gasteiger partial charge is 0.449 e. The van der Waals surface area contributed by atoms with Gasteiger partial charge in [0.15, 0.2) is 6.10 Å². The molecule has 146 valence electrons. The number of nitrogens with zero attached hydrogens (tertiary/aromatic N) is 3. The van der Waals surface area contributed by atoms with Crippen LogP contribution in [0.25, 0.3) is 22.1 Å². The Bertz CT molecular complexity index is 1150. The number of hydrogen-bond acceptors (Lipinski definition) is 9. The first-order valence-electron chi connectivity index (χ1n) is 8.44. The molecule has 0 saturated heterocycles. The lowest BCUT2D eigenvalue weighted by molar-refractivity contribution is -0.384. The summed E-state index contributed by atoms with van der Waals surface area (Å²) in [6, 6.07) is 12.6. The summed E-state index contributed by atoms with van der Waals surface area (Å²) in [5.74, 6) is 0.210. The van der Waals surface area contributed by atoms with Gasteiger partial charge < -0.3 is 13.6 Å². The summed E-state index contributed by atoms with van der Waals surface area (Å²) in [6.07, 6.45) is -0.767. The van der Waals surface area contributed by atoms with Crippen LogP contribution < -0.4 is 0 Å². The van der Waals surface area contributed by atoms with Gasteiger partial charge in [-0.2, -0.15) is 0 Å². The number of non-ortho nitro benzene ring substituents is 1. The highest BCUT2D eigenvalue weighted by molar-refractivity contribution is 7.13. The third-order valence-electron chi connectivity index (χ3n) is 3.97. The van der Waals surface area contributed by atoms with Gasteiger partial charge in [0.25, 0.3) is 17.5 Å². The van der Waals surface area contributed by atoms with E-state index in [9.17, 15) is 14.9 Å². The molecule has 0 aliphatic rings. The SMILES string of the molecule is C[C@H](OC(=O)c1ccc(-c2ccc([N+](=O)[O-])cc2)o1)c1nnc(-c2cccs2)o1. The lowest BCUT2D eigenvalue weighted by Crippen LogP contribution is -2.08. The van der Waals surface area contributed by atoms with E-state index < -0.39 is 17.0 Å². The molecule has 3 aromatic heterocycles. The van der Waals surface area contributed by atoms with Gasteiger partial charge in [-0.05, 0) is 42.6 Å². The maximum atomic E-state index is 12.4. The highest BCUT2D eigenvalue weighted by atomic mass is 32.1. The van der Waals surface area contributed by atoms with Crippen molar-refractivity contribution in [2.24, 2.45) is 0 Å². The van der Waals surface area contributed by atoms with Gasteiger partial charge in [-0.15, -0.1) is 21.5 Å². The molecular weight excluding hydrogens is 398 g/mol. The molecule has 0 aliphatic carbocycles. The number of nitro groups is 1. The van der Waals surface area contributed by atoms with Crippen LogP contribution in [0.5, 0.6) is 0 Å². The van der Waals surface area contributed by atoms with E-state index in [0.29, 0.717) is 17.2 Å². The van der Waals surface area contributed by atoms with Gasteiger partial charge in [0.1, 0.15) is 5.76 Å². The van der Waals surface area contributed by atoms with Crippen molar-refractivity contribution in [2.45, 2.75) is 13.0 Å². The minimum atomic E-state index is -0.767. The number of aromatic nitrogens is 2. The molecule has 0 bridgehead atoms. The van der Waals surface area contributed by atoms with Crippen LogP contribution in [0, 0.1) is 10.1 Å². The van der Waals surface area contributed by atoms with Crippen LogP contribution in [0.2, 0.25) is 0 Å². The van der Waals surface area contributed by atoms with Gasteiger partial charge in [-0.25, -0.2) is 4.79 Å². The fraction of sp³-hybridized carbons (Fsp3) is 0.105. The number of esters is 1. The van der Waals surface area contributed by atoms with Crippen LogP contribution in [0.1, 0.15) is 29.5 Å². The Kier molecular flexibility index (Phi) is 4.92. The van der Waals surface area contributed by atoms with Crippen molar-refractivity contribution in [1.29, 1.82) is 0 Å². The highest BCUT2D eigenvalue weighted by Gasteiger charge is 2.22. The molecule has 10 heteroatoms. The summed E-state index contributed by atoms with van der Waals surface area (Å²) in [4.78, 5) is 23.4. The molecule has 0 spiro atoms. The molecule has 0 radical (unpaired) electrons. The molecule has 1 aromatic carbocycles. The average molecular weight is 411 g/mol. The smallest absolute Gasteiger partial charge is 0.375 e. The van der Waals surface area contributed by atoms with Crippen LogP contribution in [0.4, 0.5) is 5.69 Å². The number of furan rings is 1. The summed E-state index contributed by atoms with van der Waals surface area (Å²) in [5, 5.41) is 20.5. The van der Waals surface area contributed by atoms with Crippen LogP contribution in [0.3, 0.4) is 0 Å². The lowest BCUT2D eigenvalue weighted by Gasteiger charge is -2.07. The zero-order valence-corrected chi connectivity index (χ0v) is 15.8. The van der Waals surface area contributed by atoms with Crippen molar-refractivity contribution in [2.75, 3.05) is 0 Å². The van der Waals surface area contributed by atoms with Crippen LogP contribution >= 0.6 is 11.3 Å². The normalized spacial score (nSPS) is 11.9. The number of hydrogen-bond donors (Lipinski definition) is 0. The minimum Gasteiger partial charge on any atom is -0.449 e. The molecule has 0 amide bonds. The molecule has 29 heavy (non-hydrogen) atoms. The number of carbonyl (C=O) groups excluding carboxylic acids is 1. The maximum absolute atomic E-state index is 12.4. The summed E-state index contributed by atoms with van der Waals surface area (Å²) >= 11 is 1.46. The second-order valence-corrected chi connectivity index (χ2v) is 6.89. The number of benzene rings is 1. The van der Waals surface area contributed by atoms with E-state index in [1.807, 2.05) is 17.5 Å². The van der Waals surface area contributed by atoms with E-state index >= 15 is 0 Å². The first-order chi connectivity index (χ1) is 14.0. The fourth-order valence-electron chi connectivity index (χ4n) is 2.52. The third kappa shape index (κ3) is 3.92. The summed E-state index contributed by atoms with van der Waals surface area (Å²) in [6.45, 7) is 1.61. The Morgan fingerprint density at radius 2 is 1.93 bits per heavy atom. The van der Waals surface area contributed by atoms with Crippen molar-refractivity contribution < 1.29 is 23.3 Å². The van der Waals surface area contributed by atoms with Gasteiger partial charge in [0.05, 0.1) is 9.80 Å². The molecule has 0 unspecified atom stereocenters. The first-order valence-corrected chi connectivity index (χ1v) is 9.32. The summed E-state index contributed by atoms with van der Waals surface area (Å²) in [5.41, 5.74) is 0.565. The predicted octanol–water partition coefficient (Wildman–Crippen LogP) is 4.88.